The van der Waals surface area contributed by atoms with Crippen molar-refractivity contribution in [2.24, 2.45) is 5.92 Å². The molecule has 1 fully saturated rings. The average Bonchev–Trinajstić information content (AvgIpc) is 2.62. The minimum absolute atomic E-state index is 0.0264. The number of hydrogen-bond donors (Lipinski definition) is 2. The fraction of sp³-hybridized carbons (Fsp3) is 0.562. The van der Waals surface area contributed by atoms with Crippen LogP contribution in [0.3, 0.4) is 0 Å². The number of amides is 2. The lowest BCUT2D eigenvalue weighted by molar-refractivity contribution is -0.123. The van der Waals surface area contributed by atoms with Gasteiger partial charge in [0.2, 0.25) is 5.91 Å². The van der Waals surface area contributed by atoms with Crippen molar-refractivity contribution in [3.63, 3.8) is 0 Å². The molecule has 3 rings (SSSR count). The highest BCUT2D eigenvalue weighted by atomic mass is 19.4. The van der Waals surface area contributed by atoms with E-state index in [1.165, 1.54) is 12.3 Å². The Labute approximate surface area is 147 Å². The van der Waals surface area contributed by atoms with Crippen LogP contribution in [0, 0.1) is 5.92 Å². The molecule has 3 heterocycles. The van der Waals surface area contributed by atoms with Gasteiger partial charge < -0.3 is 20.3 Å². The molecule has 0 aromatic carbocycles. The lowest BCUT2D eigenvalue weighted by atomic mass is 9.99. The van der Waals surface area contributed by atoms with Crippen molar-refractivity contribution in [3.8, 4) is 0 Å². The molecule has 0 radical (unpaired) electrons. The second-order valence-corrected chi connectivity index (χ2v) is 6.30. The van der Waals surface area contributed by atoms with E-state index in [1.54, 1.807) is 4.90 Å². The van der Waals surface area contributed by atoms with Crippen molar-refractivity contribution in [3.05, 3.63) is 17.8 Å². The van der Waals surface area contributed by atoms with Crippen molar-refractivity contribution >= 4 is 23.3 Å². The van der Waals surface area contributed by atoms with Gasteiger partial charge in [-0.05, 0) is 24.8 Å². The maximum absolute atomic E-state index is 12.3. The van der Waals surface area contributed by atoms with Gasteiger partial charge in [-0.3, -0.25) is 9.59 Å². The van der Waals surface area contributed by atoms with Gasteiger partial charge in [-0.25, -0.2) is 4.98 Å². The molecule has 2 aliphatic heterocycles. The van der Waals surface area contributed by atoms with Crippen molar-refractivity contribution in [1.82, 2.24) is 10.3 Å². The van der Waals surface area contributed by atoms with Crippen LogP contribution >= 0.6 is 0 Å². The first kappa shape index (κ1) is 18.4. The molecule has 2 aliphatic rings. The summed E-state index contributed by atoms with van der Waals surface area (Å²) in [5.41, 5.74) is 0.383. The lowest BCUT2D eigenvalue weighted by Gasteiger charge is -2.33. The number of carbonyl (C=O) groups excluding carboxylic acids is 2. The third-order valence-corrected chi connectivity index (χ3v) is 4.36. The fourth-order valence-corrected chi connectivity index (χ4v) is 2.98. The molecule has 10 heteroatoms. The SMILES string of the molecule is O=C(NCC(F)(F)F)c1cnc2c(c1)N(CC1CCOCC1)C(=O)CN2. The normalized spacial score (nSPS) is 18.3. The monoisotopic (exact) mass is 372 g/mol. The van der Waals surface area contributed by atoms with Crippen molar-refractivity contribution in [2.75, 3.05) is 43.1 Å². The number of carbonyl (C=O) groups is 2. The topological polar surface area (TPSA) is 83.6 Å². The van der Waals surface area contributed by atoms with E-state index in [0.717, 1.165) is 12.8 Å². The summed E-state index contributed by atoms with van der Waals surface area (Å²) >= 11 is 0. The molecule has 2 amide bonds. The molecule has 2 N–H and O–H groups in total. The van der Waals surface area contributed by atoms with Gasteiger partial charge in [0, 0.05) is 26.0 Å². The van der Waals surface area contributed by atoms with Gasteiger partial charge in [-0.2, -0.15) is 13.2 Å². The first-order chi connectivity index (χ1) is 12.3. The molecule has 1 aromatic heterocycles. The number of aromatic nitrogens is 1. The Morgan fingerprint density at radius 2 is 2.12 bits per heavy atom. The predicted octanol–water partition coefficient (Wildman–Crippen LogP) is 1.56. The second kappa shape index (κ2) is 7.48. The van der Waals surface area contributed by atoms with E-state index in [1.807, 2.05) is 5.32 Å². The number of fused-ring (bicyclic) bond motifs is 1. The van der Waals surface area contributed by atoms with E-state index in [2.05, 4.69) is 10.3 Å². The summed E-state index contributed by atoms with van der Waals surface area (Å²) in [6.07, 6.45) is -1.65. The van der Waals surface area contributed by atoms with Gasteiger partial charge in [-0.15, -0.1) is 0 Å². The smallest absolute Gasteiger partial charge is 0.381 e. The minimum atomic E-state index is -4.50. The van der Waals surface area contributed by atoms with Gasteiger partial charge in [0.05, 0.1) is 17.8 Å². The minimum Gasteiger partial charge on any atom is -0.381 e. The first-order valence-electron chi connectivity index (χ1n) is 8.30. The zero-order valence-corrected chi connectivity index (χ0v) is 13.9. The maximum atomic E-state index is 12.3. The highest BCUT2D eigenvalue weighted by Gasteiger charge is 2.30. The van der Waals surface area contributed by atoms with Gasteiger partial charge >= 0.3 is 6.18 Å². The summed E-state index contributed by atoms with van der Waals surface area (Å²) in [6.45, 7) is 0.396. The van der Waals surface area contributed by atoms with E-state index in [4.69, 9.17) is 4.74 Å². The Morgan fingerprint density at radius 1 is 1.38 bits per heavy atom. The van der Waals surface area contributed by atoms with Crippen LogP contribution in [0.1, 0.15) is 23.2 Å². The Morgan fingerprint density at radius 3 is 2.81 bits per heavy atom. The predicted molar refractivity (Wildman–Crippen MR) is 87.0 cm³/mol. The summed E-state index contributed by atoms with van der Waals surface area (Å²) in [7, 11) is 0. The van der Waals surface area contributed by atoms with Crippen LogP contribution < -0.4 is 15.5 Å². The fourth-order valence-electron chi connectivity index (χ4n) is 2.98. The molecule has 0 atom stereocenters. The number of nitrogens with zero attached hydrogens (tertiary/aromatic N) is 2. The van der Waals surface area contributed by atoms with Crippen molar-refractivity contribution < 1.29 is 27.5 Å². The van der Waals surface area contributed by atoms with Crippen LogP contribution in [-0.2, 0) is 9.53 Å². The number of hydrogen-bond acceptors (Lipinski definition) is 5. The highest BCUT2D eigenvalue weighted by molar-refractivity contribution is 6.04. The zero-order chi connectivity index (χ0) is 18.7. The van der Waals surface area contributed by atoms with Crippen LogP contribution in [0.25, 0.3) is 0 Å². The number of ether oxygens (including phenoxy) is 1. The summed E-state index contributed by atoms with van der Waals surface area (Å²) in [5.74, 6) is -0.356. The third kappa shape index (κ3) is 4.43. The van der Waals surface area contributed by atoms with E-state index < -0.39 is 18.6 Å². The molecule has 1 aromatic rings. The number of nitrogens with one attached hydrogen (secondary N) is 2. The van der Waals surface area contributed by atoms with E-state index in [0.29, 0.717) is 31.3 Å². The molecule has 0 spiro atoms. The number of rotatable bonds is 4. The molecule has 1 saturated heterocycles. The van der Waals surface area contributed by atoms with Gasteiger partial charge in [0.15, 0.2) is 0 Å². The Hall–Kier alpha value is -2.36. The van der Waals surface area contributed by atoms with E-state index in [9.17, 15) is 22.8 Å². The van der Waals surface area contributed by atoms with Gasteiger partial charge in [0.25, 0.3) is 5.91 Å². The summed E-state index contributed by atoms with van der Waals surface area (Å²) in [5, 5.41) is 4.67. The molecule has 142 valence electrons. The first-order valence-corrected chi connectivity index (χ1v) is 8.30. The van der Waals surface area contributed by atoms with E-state index in [-0.39, 0.29) is 23.9 Å². The van der Waals surface area contributed by atoms with Crippen LogP contribution in [0.4, 0.5) is 24.7 Å². The standard InChI is InChI=1S/C16H19F3N4O3/c17-16(18,19)9-22-15(25)11-5-12-14(20-6-11)21-7-13(24)23(12)8-10-1-3-26-4-2-10/h5-6,10H,1-4,7-9H2,(H,20,21)(H,22,25). The second-order valence-electron chi connectivity index (χ2n) is 6.30. The molecule has 0 unspecified atom stereocenters. The molecular weight excluding hydrogens is 353 g/mol. The summed E-state index contributed by atoms with van der Waals surface area (Å²) in [4.78, 5) is 29.9. The summed E-state index contributed by atoms with van der Waals surface area (Å²) < 4.78 is 42.1. The average molecular weight is 372 g/mol. The van der Waals surface area contributed by atoms with Crippen LogP contribution in [0.15, 0.2) is 12.3 Å². The molecule has 7 nitrogen and oxygen atoms in total. The highest BCUT2D eigenvalue weighted by Crippen LogP contribution is 2.30. The van der Waals surface area contributed by atoms with Crippen LogP contribution in [0.2, 0.25) is 0 Å². The molecule has 26 heavy (non-hydrogen) atoms. The van der Waals surface area contributed by atoms with Gasteiger partial charge in [-0.1, -0.05) is 0 Å². The molecule has 0 bridgehead atoms. The lowest BCUT2D eigenvalue weighted by Crippen LogP contribution is -2.44. The number of halogens is 3. The summed E-state index contributed by atoms with van der Waals surface area (Å²) in [6, 6.07) is 1.40. The van der Waals surface area contributed by atoms with E-state index >= 15 is 0 Å². The third-order valence-electron chi connectivity index (χ3n) is 4.36. The van der Waals surface area contributed by atoms with Crippen LogP contribution in [-0.4, -0.2) is 55.8 Å². The number of anilines is 2. The Kier molecular flexibility index (Phi) is 5.30. The quantitative estimate of drug-likeness (QED) is 0.838. The van der Waals surface area contributed by atoms with Gasteiger partial charge in [0.1, 0.15) is 12.4 Å². The van der Waals surface area contributed by atoms with Crippen molar-refractivity contribution in [2.45, 2.75) is 19.0 Å². The molecule has 0 aliphatic carbocycles. The largest absolute Gasteiger partial charge is 0.405 e. The van der Waals surface area contributed by atoms with Crippen molar-refractivity contribution in [1.29, 1.82) is 0 Å². The Bertz CT molecular complexity index is 690. The number of pyridine rings is 1. The molecular formula is C16H19F3N4O3. The van der Waals surface area contributed by atoms with Crippen LogP contribution in [0.5, 0.6) is 0 Å². The number of alkyl halides is 3. The molecule has 0 saturated carbocycles. The zero-order valence-electron chi connectivity index (χ0n) is 13.9. The maximum Gasteiger partial charge on any atom is 0.405 e. The Balaban J connectivity index is 1.78.